The van der Waals surface area contributed by atoms with Gasteiger partial charge in [0.2, 0.25) is 0 Å². The number of rotatable bonds is 2. The van der Waals surface area contributed by atoms with Crippen LogP contribution >= 0.6 is 0 Å². The summed E-state index contributed by atoms with van der Waals surface area (Å²) >= 11 is 0. The topological polar surface area (TPSA) is 29.1 Å². The standard InChI is InChI=1S/C10H10F3NO/c1-2-14-9(15)7-5-3-4-6-8(7)10(11,12)13/h3-6H,2H2,1H3,(H,14,15). The molecule has 0 saturated carbocycles. The van der Waals surface area contributed by atoms with Crippen molar-refractivity contribution in [3.63, 3.8) is 0 Å². The van der Waals surface area contributed by atoms with Crippen LogP contribution in [0, 0.1) is 0 Å². The van der Waals surface area contributed by atoms with Gasteiger partial charge in [0.1, 0.15) is 0 Å². The summed E-state index contributed by atoms with van der Waals surface area (Å²) in [5.74, 6) is -0.703. The molecule has 0 bridgehead atoms. The molecule has 0 atom stereocenters. The van der Waals surface area contributed by atoms with Gasteiger partial charge in [-0.25, -0.2) is 0 Å². The smallest absolute Gasteiger partial charge is 0.352 e. The van der Waals surface area contributed by atoms with Gasteiger partial charge in [-0.2, -0.15) is 13.2 Å². The van der Waals surface area contributed by atoms with Gasteiger partial charge in [-0.3, -0.25) is 4.79 Å². The summed E-state index contributed by atoms with van der Waals surface area (Å²) < 4.78 is 37.4. The first kappa shape index (κ1) is 11.6. The van der Waals surface area contributed by atoms with Gasteiger partial charge in [0.05, 0.1) is 11.1 Å². The highest BCUT2D eigenvalue weighted by Crippen LogP contribution is 2.31. The van der Waals surface area contributed by atoms with Crippen LogP contribution in [0.4, 0.5) is 13.2 Å². The molecule has 0 aliphatic carbocycles. The molecule has 82 valence electrons. The molecule has 0 spiro atoms. The Bertz CT molecular complexity index is 360. The molecule has 1 aromatic carbocycles. The predicted molar refractivity (Wildman–Crippen MR) is 49.5 cm³/mol. The second kappa shape index (κ2) is 4.33. The van der Waals surface area contributed by atoms with E-state index in [9.17, 15) is 18.0 Å². The van der Waals surface area contributed by atoms with Crippen LogP contribution in [0.15, 0.2) is 24.3 Å². The zero-order valence-electron chi connectivity index (χ0n) is 8.06. The van der Waals surface area contributed by atoms with Crippen molar-refractivity contribution in [2.75, 3.05) is 6.54 Å². The Kier molecular flexibility index (Phi) is 3.34. The molecule has 0 aromatic heterocycles. The molecule has 1 aromatic rings. The first-order chi connectivity index (χ1) is 6.96. The molecule has 0 saturated heterocycles. The van der Waals surface area contributed by atoms with Crippen LogP contribution in [0.5, 0.6) is 0 Å². The maximum Gasteiger partial charge on any atom is 0.417 e. The van der Waals surface area contributed by atoms with Crippen LogP contribution in [0.3, 0.4) is 0 Å². The summed E-state index contributed by atoms with van der Waals surface area (Å²) in [6.45, 7) is 1.94. The average Bonchev–Trinajstić information content (AvgIpc) is 2.17. The highest BCUT2D eigenvalue weighted by atomic mass is 19.4. The molecule has 0 unspecified atom stereocenters. The van der Waals surface area contributed by atoms with Crippen molar-refractivity contribution in [2.24, 2.45) is 0 Å². The number of benzene rings is 1. The Labute approximate surface area is 85.1 Å². The molecule has 1 rings (SSSR count). The molecule has 2 nitrogen and oxygen atoms in total. The molecule has 0 aliphatic heterocycles. The summed E-state index contributed by atoms with van der Waals surface area (Å²) in [5.41, 5.74) is -1.25. The molecule has 5 heteroatoms. The lowest BCUT2D eigenvalue weighted by atomic mass is 10.1. The first-order valence-electron chi connectivity index (χ1n) is 4.41. The van der Waals surface area contributed by atoms with Gasteiger partial charge in [-0.05, 0) is 19.1 Å². The highest BCUT2D eigenvalue weighted by Gasteiger charge is 2.34. The van der Waals surface area contributed by atoms with Crippen molar-refractivity contribution in [3.05, 3.63) is 35.4 Å². The van der Waals surface area contributed by atoms with Gasteiger partial charge in [0.25, 0.3) is 5.91 Å². The van der Waals surface area contributed by atoms with Crippen molar-refractivity contribution >= 4 is 5.91 Å². The largest absolute Gasteiger partial charge is 0.417 e. The van der Waals surface area contributed by atoms with Crippen molar-refractivity contribution < 1.29 is 18.0 Å². The van der Waals surface area contributed by atoms with Gasteiger partial charge >= 0.3 is 6.18 Å². The van der Waals surface area contributed by atoms with E-state index < -0.39 is 17.6 Å². The summed E-state index contributed by atoms with van der Waals surface area (Å²) in [4.78, 5) is 11.3. The number of hydrogen-bond donors (Lipinski definition) is 1. The fourth-order valence-electron chi connectivity index (χ4n) is 1.18. The number of alkyl halides is 3. The summed E-state index contributed by atoms with van der Waals surface area (Å²) in [7, 11) is 0. The minimum absolute atomic E-state index is 0.297. The lowest BCUT2D eigenvalue weighted by Gasteiger charge is -2.11. The highest BCUT2D eigenvalue weighted by molar-refractivity contribution is 5.95. The average molecular weight is 217 g/mol. The zero-order valence-corrected chi connectivity index (χ0v) is 8.06. The van der Waals surface area contributed by atoms with Crippen molar-refractivity contribution in [1.29, 1.82) is 0 Å². The molecule has 15 heavy (non-hydrogen) atoms. The van der Waals surface area contributed by atoms with Crippen LogP contribution in [-0.4, -0.2) is 12.5 Å². The van der Waals surface area contributed by atoms with E-state index >= 15 is 0 Å². The third-order valence-electron chi connectivity index (χ3n) is 1.81. The van der Waals surface area contributed by atoms with Crippen molar-refractivity contribution in [1.82, 2.24) is 5.32 Å². The Hall–Kier alpha value is -1.52. The summed E-state index contributed by atoms with van der Waals surface area (Å²) in [5, 5.41) is 2.34. The van der Waals surface area contributed by atoms with E-state index in [1.165, 1.54) is 12.1 Å². The Morgan fingerprint density at radius 3 is 2.47 bits per heavy atom. The number of hydrogen-bond acceptors (Lipinski definition) is 1. The molecule has 0 fully saturated rings. The van der Waals surface area contributed by atoms with E-state index in [0.717, 1.165) is 12.1 Å². The van der Waals surface area contributed by atoms with Crippen LogP contribution in [0.1, 0.15) is 22.8 Å². The lowest BCUT2D eigenvalue weighted by Crippen LogP contribution is -2.25. The van der Waals surface area contributed by atoms with Crippen LogP contribution in [-0.2, 0) is 6.18 Å². The van der Waals surface area contributed by atoms with E-state index in [4.69, 9.17) is 0 Å². The maximum atomic E-state index is 12.5. The zero-order chi connectivity index (χ0) is 11.5. The molecular formula is C10H10F3NO. The second-order valence-corrected chi connectivity index (χ2v) is 2.90. The minimum atomic E-state index is -4.50. The van der Waals surface area contributed by atoms with Crippen LogP contribution in [0.2, 0.25) is 0 Å². The quantitative estimate of drug-likeness (QED) is 0.810. The number of amides is 1. The molecule has 1 amide bonds. The molecule has 0 aliphatic rings. The molecule has 1 N–H and O–H groups in total. The molecular weight excluding hydrogens is 207 g/mol. The van der Waals surface area contributed by atoms with E-state index in [2.05, 4.69) is 5.32 Å². The van der Waals surface area contributed by atoms with E-state index in [0.29, 0.717) is 6.54 Å². The maximum absolute atomic E-state index is 12.5. The minimum Gasteiger partial charge on any atom is -0.352 e. The van der Waals surface area contributed by atoms with E-state index in [1.807, 2.05) is 0 Å². The monoisotopic (exact) mass is 217 g/mol. The Morgan fingerprint density at radius 2 is 1.93 bits per heavy atom. The number of carbonyl (C=O) groups excluding carboxylic acids is 1. The van der Waals surface area contributed by atoms with Gasteiger partial charge in [-0.1, -0.05) is 12.1 Å². The third kappa shape index (κ3) is 2.71. The lowest BCUT2D eigenvalue weighted by molar-refractivity contribution is -0.137. The summed E-state index contributed by atoms with van der Waals surface area (Å²) in [6, 6.07) is 4.71. The number of halogens is 3. The van der Waals surface area contributed by atoms with Crippen molar-refractivity contribution in [2.45, 2.75) is 13.1 Å². The summed E-state index contributed by atoms with van der Waals surface area (Å²) in [6.07, 6.45) is -4.50. The number of nitrogens with one attached hydrogen (secondary N) is 1. The van der Waals surface area contributed by atoms with Gasteiger partial charge in [-0.15, -0.1) is 0 Å². The molecule has 0 radical (unpaired) electrons. The van der Waals surface area contributed by atoms with Crippen LogP contribution in [0.25, 0.3) is 0 Å². The normalized spacial score (nSPS) is 11.2. The van der Waals surface area contributed by atoms with Gasteiger partial charge < -0.3 is 5.32 Å². The van der Waals surface area contributed by atoms with Gasteiger partial charge in [0, 0.05) is 6.54 Å². The van der Waals surface area contributed by atoms with E-state index in [-0.39, 0.29) is 5.56 Å². The van der Waals surface area contributed by atoms with E-state index in [1.54, 1.807) is 6.92 Å². The third-order valence-corrected chi connectivity index (χ3v) is 1.81. The van der Waals surface area contributed by atoms with Crippen LogP contribution < -0.4 is 5.32 Å². The Balaban J connectivity index is 3.12. The fourth-order valence-corrected chi connectivity index (χ4v) is 1.18. The second-order valence-electron chi connectivity index (χ2n) is 2.90. The SMILES string of the molecule is CCNC(=O)c1ccccc1C(F)(F)F. The number of carbonyl (C=O) groups is 1. The van der Waals surface area contributed by atoms with Crippen molar-refractivity contribution in [3.8, 4) is 0 Å². The first-order valence-corrected chi connectivity index (χ1v) is 4.41. The Morgan fingerprint density at radius 1 is 1.33 bits per heavy atom. The van der Waals surface area contributed by atoms with Gasteiger partial charge in [0.15, 0.2) is 0 Å². The molecule has 0 heterocycles. The fraction of sp³-hybridized carbons (Fsp3) is 0.300. The predicted octanol–water partition coefficient (Wildman–Crippen LogP) is 2.46.